The second-order valence-corrected chi connectivity index (χ2v) is 6.52. The summed E-state index contributed by atoms with van der Waals surface area (Å²) in [6.45, 7) is 0. The van der Waals surface area contributed by atoms with Crippen molar-refractivity contribution in [1.82, 2.24) is 30.4 Å². The molecule has 1 atom stereocenters. The number of fused-ring (bicyclic) bond motifs is 2. The maximum absolute atomic E-state index is 13.5. The minimum absolute atomic E-state index is 0.125. The molecule has 0 fully saturated rings. The van der Waals surface area contributed by atoms with Crippen molar-refractivity contribution < 1.29 is 9.31 Å². The molecule has 30 heavy (non-hydrogen) atoms. The van der Waals surface area contributed by atoms with Gasteiger partial charge in [0.05, 0.1) is 10.6 Å². The first kappa shape index (κ1) is 17.6. The number of non-ortho nitro benzene ring substituents is 1. The molecule has 1 unspecified atom stereocenters. The Hall–Kier alpha value is -4.48. The van der Waals surface area contributed by atoms with Crippen LogP contribution in [0.3, 0.4) is 0 Å². The van der Waals surface area contributed by atoms with Crippen molar-refractivity contribution >= 4 is 17.3 Å². The molecule has 0 saturated heterocycles. The van der Waals surface area contributed by atoms with E-state index in [9.17, 15) is 19.3 Å². The fraction of sp³-hybridized carbons (Fsp3) is 0.0556. The lowest BCUT2D eigenvalue weighted by molar-refractivity contribution is -0.384. The molecule has 0 aliphatic carbocycles. The molecule has 2 N–H and O–H groups in total. The molecule has 12 heteroatoms. The number of nitrogens with one attached hydrogen (secondary N) is 2. The normalized spacial score (nSPS) is 14.5. The predicted octanol–water partition coefficient (Wildman–Crippen LogP) is 2.17. The van der Waals surface area contributed by atoms with E-state index in [-0.39, 0.29) is 17.3 Å². The summed E-state index contributed by atoms with van der Waals surface area (Å²) in [7, 11) is 0. The standard InChI is InChI=1S/C18H11FN8O3/c19-11-6-4-9(5-7-11)16-13-14(10-2-1-3-12(8-10)27(29)30)21-22-17(28)15(13)20-18-23-24-25-26(16)18/h1-8,16H,(H,22,28)(H,20,23,25). The molecule has 2 aromatic carbocycles. The minimum Gasteiger partial charge on any atom is -0.318 e. The van der Waals surface area contributed by atoms with E-state index in [1.54, 1.807) is 18.2 Å². The molecular formula is C18H11FN8O3. The van der Waals surface area contributed by atoms with Gasteiger partial charge in [-0.3, -0.25) is 14.9 Å². The van der Waals surface area contributed by atoms with E-state index in [4.69, 9.17) is 0 Å². The average molecular weight is 406 g/mol. The zero-order chi connectivity index (χ0) is 20.8. The first-order valence-corrected chi connectivity index (χ1v) is 8.70. The molecule has 2 aromatic heterocycles. The Morgan fingerprint density at radius 1 is 1.17 bits per heavy atom. The van der Waals surface area contributed by atoms with Crippen LogP contribution in [0.1, 0.15) is 17.2 Å². The predicted molar refractivity (Wildman–Crippen MR) is 102 cm³/mol. The summed E-state index contributed by atoms with van der Waals surface area (Å²) in [4.78, 5) is 23.3. The van der Waals surface area contributed by atoms with Gasteiger partial charge in [0, 0.05) is 23.3 Å². The minimum atomic E-state index is -0.712. The monoisotopic (exact) mass is 406 g/mol. The molecule has 0 bridgehead atoms. The Balaban J connectivity index is 1.80. The number of nitro benzene ring substituents is 1. The SMILES string of the molecule is O=c1[nH]nc(-c2cccc([N+](=O)[O-])c2)c2c1Nc1nnnn1C2c1ccc(F)cc1. The number of H-pyrrole nitrogens is 1. The van der Waals surface area contributed by atoms with Gasteiger partial charge in [-0.15, -0.1) is 0 Å². The number of hydrogen-bond acceptors (Lipinski definition) is 8. The number of nitrogens with zero attached hydrogens (tertiary/aromatic N) is 6. The van der Waals surface area contributed by atoms with Crippen molar-refractivity contribution in [2.75, 3.05) is 5.32 Å². The van der Waals surface area contributed by atoms with Crippen molar-refractivity contribution in [2.45, 2.75) is 6.04 Å². The fourth-order valence-corrected chi connectivity index (χ4v) is 3.48. The largest absolute Gasteiger partial charge is 0.318 e. The highest BCUT2D eigenvalue weighted by molar-refractivity contribution is 5.76. The molecule has 0 amide bonds. The molecular weight excluding hydrogens is 395 g/mol. The third-order valence-electron chi connectivity index (χ3n) is 4.78. The van der Waals surface area contributed by atoms with Crippen LogP contribution in [0.15, 0.2) is 53.3 Å². The van der Waals surface area contributed by atoms with Crippen LogP contribution in [0.5, 0.6) is 0 Å². The Kier molecular flexibility index (Phi) is 3.84. The van der Waals surface area contributed by atoms with Crippen LogP contribution in [0.2, 0.25) is 0 Å². The van der Waals surface area contributed by atoms with E-state index < -0.39 is 22.3 Å². The van der Waals surface area contributed by atoms with Crippen molar-refractivity contribution in [3.8, 4) is 11.3 Å². The second kappa shape index (κ2) is 6.55. The average Bonchev–Trinajstić information content (AvgIpc) is 3.22. The number of nitro groups is 1. The molecule has 0 spiro atoms. The van der Waals surface area contributed by atoms with Crippen LogP contribution in [0, 0.1) is 15.9 Å². The van der Waals surface area contributed by atoms with Crippen molar-refractivity contribution in [2.24, 2.45) is 0 Å². The summed E-state index contributed by atoms with van der Waals surface area (Å²) in [5.41, 5.74) is 1.25. The lowest BCUT2D eigenvalue weighted by Crippen LogP contribution is -2.29. The Morgan fingerprint density at radius 3 is 2.73 bits per heavy atom. The lowest BCUT2D eigenvalue weighted by atomic mass is 9.92. The van der Waals surface area contributed by atoms with Gasteiger partial charge < -0.3 is 5.32 Å². The molecule has 1 aliphatic rings. The van der Waals surface area contributed by atoms with Gasteiger partial charge in [-0.05, 0) is 28.1 Å². The molecule has 3 heterocycles. The number of tetrazole rings is 1. The molecule has 148 valence electrons. The van der Waals surface area contributed by atoms with Crippen LogP contribution in [0.4, 0.5) is 21.7 Å². The topological polar surface area (TPSA) is 145 Å². The van der Waals surface area contributed by atoms with Gasteiger partial charge >= 0.3 is 0 Å². The zero-order valence-corrected chi connectivity index (χ0v) is 15.0. The third kappa shape index (κ3) is 2.70. The summed E-state index contributed by atoms with van der Waals surface area (Å²) in [5.74, 6) is -0.202. The van der Waals surface area contributed by atoms with Crippen LogP contribution < -0.4 is 10.9 Å². The first-order chi connectivity index (χ1) is 14.5. The highest BCUT2D eigenvalue weighted by Gasteiger charge is 2.34. The van der Waals surface area contributed by atoms with Gasteiger partial charge in [0.25, 0.3) is 11.2 Å². The van der Waals surface area contributed by atoms with E-state index in [1.807, 2.05) is 0 Å². The summed E-state index contributed by atoms with van der Waals surface area (Å²) in [6, 6.07) is 10.9. The second-order valence-electron chi connectivity index (χ2n) is 6.52. The van der Waals surface area contributed by atoms with Crippen LogP contribution >= 0.6 is 0 Å². The number of benzene rings is 2. The van der Waals surface area contributed by atoms with E-state index in [0.29, 0.717) is 22.4 Å². The van der Waals surface area contributed by atoms with E-state index in [2.05, 4.69) is 31.0 Å². The lowest BCUT2D eigenvalue weighted by Gasteiger charge is -2.27. The smallest absolute Gasteiger partial charge is 0.288 e. The van der Waals surface area contributed by atoms with E-state index in [1.165, 1.54) is 35.0 Å². The molecule has 0 saturated carbocycles. The zero-order valence-electron chi connectivity index (χ0n) is 15.0. The maximum atomic E-state index is 13.5. The molecule has 11 nitrogen and oxygen atoms in total. The maximum Gasteiger partial charge on any atom is 0.288 e. The molecule has 1 aliphatic heterocycles. The number of halogens is 1. The quantitative estimate of drug-likeness (QED) is 0.343. The number of anilines is 2. The van der Waals surface area contributed by atoms with Crippen LogP contribution in [-0.4, -0.2) is 35.3 Å². The highest BCUT2D eigenvalue weighted by atomic mass is 19.1. The van der Waals surface area contributed by atoms with Gasteiger partial charge in [0.2, 0.25) is 5.95 Å². The summed E-state index contributed by atoms with van der Waals surface area (Å²) >= 11 is 0. The van der Waals surface area contributed by atoms with Crippen molar-refractivity contribution in [1.29, 1.82) is 0 Å². The fourth-order valence-electron chi connectivity index (χ4n) is 3.48. The molecule has 5 rings (SSSR count). The van der Waals surface area contributed by atoms with Gasteiger partial charge in [0.1, 0.15) is 17.5 Å². The highest BCUT2D eigenvalue weighted by Crippen LogP contribution is 2.41. The van der Waals surface area contributed by atoms with Gasteiger partial charge in [-0.2, -0.15) is 9.78 Å². The summed E-state index contributed by atoms with van der Waals surface area (Å²) in [6.07, 6.45) is 0. The van der Waals surface area contributed by atoms with E-state index >= 15 is 0 Å². The Bertz CT molecular complexity index is 1350. The Morgan fingerprint density at radius 2 is 1.97 bits per heavy atom. The number of rotatable bonds is 3. The van der Waals surface area contributed by atoms with Crippen LogP contribution in [-0.2, 0) is 0 Å². The van der Waals surface area contributed by atoms with Crippen molar-refractivity contribution in [3.63, 3.8) is 0 Å². The van der Waals surface area contributed by atoms with Crippen LogP contribution in [0.25, 0.3) is 11.3 Å². The third-order valence-corrected chi connectivity index (χ3v) is 4.78. The number of hydrogen-bond donors (Lipinski definition) is 2. The molecule has 4 aromatic rings. The van der Waals surface area contributed by atoms with Gasteiger partial charge in [-0.25, -0.2) is 9.49 Å². The van der Waals surface area contributed by atoms with Gasteiger partial charge in [0.15, 0.2) is 0 Å². The summed E-state index contributed by atoms with van der Waals surface area (Å²) in [5, 5.41) is 32.2. The van der Waals surface area contributed by atoms with Gasteiger partial charge in [-0.1, -0.05) is 29.4 Å². The number of aromatic nitrogens is 6. The Labute approximate surface area is 166 Å². The number of aromatic amines is 1. The van der Waals surface area contributed by atoms with Crippen molar-refractivity contribution in [3.05, 3.63) is 85.9 Å². The summed E-state index contributed by atoms with van der Waals surface area (Å²) < 4.78 is 15.0. The first-order valence-electron chi connectivity index (χ1n) is 8.70. The molecule has 0 radical (unpaired) electrons. The van der Waals surface area contributed by atoms with E-state index in [0.717, 1.165) is 0 Å².